The van der Waals surface area contributed by atoms with Gasteiger partial charge in [-0.05, 0) is 132 Å². The lowest BCUT2D eigenvalue weighted by molar-refractivity contribution is 0.489. The highest BCUT2D eigenvalue weighted by atomic mass is 32.1. The zero-order chi connectivity index (χ0) is 45.9. The molecule has 1 aliphatic heterocycles. The first kappa shape index (κ1) is 39.3. The Balaban J connectivity index is 1.03. The molecule has 0 bridgehead atoms. The van der Waals surface area contributed by atoms with E-state index in [0.29, 0.717) is 0 Å². The average Bonchev–Trinajstić information content (AvgIpc) is 3.84. The summed E-state index contributed by atoms with van der Waals surface area (Å²) < 4.78 is 9.86. The largest absolute Gasteiger partial charge is 0.454 e. The molecule has 326 valence electrons. The van der Waals surface area contributed by atoms with Crippen molar-refractivity contribution in [3.63, 3.8) is 0 Å². The van der Waals surface area contributed by atoms with Crippen LogP contribution < -0.4 is 9.64 Å². The Morgan fingerprint density at radius 1 is 0.314 bits per heavy atom. The van der Waals surface area contributed by atoms with Gasteiger partial charge >= 0.3 is 0 Å². The molecule has 0 fully saturated rings. The molecular formula is C67H41NOS. The molecule has 1 unspecified atom stereocenters. The number of anilines is 3. The van der Waals surface area contributed by atoms with E-state index in [2.05, 4.69) is 254 Å². The minimum Gasteiger partial charge on any atom is -0.454 e. The Hall–Kier alpha value is -8.76. The van der Waals surface area contributed by atoms with E-state index in [9.17, 15) is 0 Å². The molecule has 70 heavy (non-hydrogen) atoms. The third-order valence-electron chi connectivity index (χ3n) is 15.1. The molecule has 2 nitrogen and oxygen atoms in total. The lowest BCUT2D eigenvalue weighted by Crippen LogP contribution is -2.29. The summed E-state index contributed by atoms with van der Waals surface area (Å²) in [6.45, 7) is 0. The van der Waals surface area contributed by atoms with Crippen LogP contribution in [0.5, 0.6) is 11.5 Å². The van der Waals surface area contributed by atoms with Crippen molar-refractivity contribution in [1.82, 2.24) is 0 Å². The van der Waals surface area contributed by atoms with Gasteiger partial charge in [0.25, 0.3) is 0 Å². The molecular weight excluding hydrogens is 867 g/mol. The molecule has 3 heteroatoms. The smallest absolute Gasteiger partial charge is 0.159 e. The number of rotatable bonds is 4. The lowest BCUT2D eigenvalue weighted by Gasteiger charge is -2.36. The van der Waals surface area contributed by atoms with Crippen LogP contribution in [-0.2, 0) is 5.41 Å². The van der Waals surface area contributed by atoms with E-state index in [1.807, 2.05) is 11.3 Å². The van der Waals surface area contributed by atoms with Gasteiger partial charge in [0.15, 0.2) is 5.75 Å². The fourth-order valence-electron chi connectivity index (χ4n) is 12.2. The van der Waals surface area contributed by atoms with Gasteiger partial charge in [-0.3, -0.25) is 0 Å². The van der Waals surface area contributed by atoms with Crippen molar-refractivity contribution in [3.05, 3.63) is 271 Å². The maximum Gasteiger partial charge on any atom is 0.159 e. The van der Waals surface area contributed by atoms with Crippen LogP contribution in [0.25, 0.3) is 86.9 Å². The molecule has 0 N–H and O–H groups in total. The van der Waals surface area contributed by atoms with Gasteiger partial charge in [-0.1, -0.05) is 194 Å². The van der Waals surface area contributed by atoms with Gasteiger partial charge < -0.3 is 9.64 Å². The topological polar surface area (TPSA) is 12.5 Å². The van der Waals surface area contributed by atoms with Crippen LogP contribution in [0.15, 0.2) is 249 Å². The van der Waals surface area contributed by atoms with Crippen LogP contribution >= 0.6 is 11.3 Å². The summed E-state index contributed by atoms with van der Waals surface area (Å²) in [6, 6.07) is 91.9. The van der Waals surface area contributed by atoms with Crippen LogP contribution in [0.1, 0.15) is 22.3 Å². The van der Waals surface area contributed by atoms with E-state index in [-0.39, 0.29) is 0 Å². The fraction of sp³-hybridized carbons (Fsp3) is 0.0149. The monoisotopic (exact) mass is 907 g/mol. The summed E-state index contributed by atoms with van der Waals surface area (Å²) in [7, 11) is 0. The van der Waals surface area contributed by atoms with Gasteiger partial charge in [0.1, 0.15) is 5.75 Å². The quantitative estimate of drug-likeness (QED) is 0.174. The second-order valence-electron chi connectivity index (χ2n) is 18.7. The van der Waals surface area contributed by atoms with Crippen LogP contribution in [0.4, 0.5) is 17.1 Å². The maximum absolute atomic E-state index is 7.23. The highest BCUT2D eigenvalue weighted by Gasteiger charge is 2.50. The summed E-state index contributed by atoms with van der Waals surface area (Å²) in [5, 5.41) is 2.63. The van der Waals surface area contributed by atoms with Crippen molar-refractivity contribution >= 4 is 48.6 Å². The van der Waals surface area contributed by atoms with Gasteiger partial charge in [0.05, 0.1) is 11.1 Å². The minimum absolute atomic E-state index is 0.623. The second kappa shape index (κ2) is 15.1. The van der Waals surface area contributed by atoms with Crippen molar-refractivity contribution in [2.45, 2.75) is 5.41 Å². The van der Waals surface area contributed by atoms with Gasteiger partial charge in [-0.2, -0.15) is 0 Å². The number of para-hydroxylation sites is 2. The van der Waals surface area contributed by atoms with E-state index in [1.165, 1.54) is 81.4 Å². The maximum atomic E-state index is 7.23. The molecule has 12 aromatic rings. The predicted octanol–water partition coefficient (Wildman–Crippen LogP) is 18.6. The van der Waals surface area contributed by atoms with E-state index >= 15 is 0 Å². The molecule has 1 atom stereocenters. The number of thiophene rings is 1. The highest BCUT2D eigenvalue weighted by Crippen LogP contribution is 2.63. The van der Waals surface area contributed by atoms with Crippen LogP contribution in [0.2, 0.25) is 0 Å². The zero-order valence-electron chi connectivity index (χ0n) is 37.9. The Kier molecular flexibility index (Phi) is 8.48. The Morgan fingerprint density at radius 3 is 1.60 bits per heavy atom. The van der Waals surface area contributed by atoms with E-state index in [1.54, 1.807) is 0 Å². The second-order valence-corrected chi connectivity index (χ2v) is 19.7. The number of ether oxygens (including phenoxy) is 1. The Labute approximate surface area is 410 Å². The molecule has 0 radical (unpaired) electrons. The molecule has 1 aromatic heterocycles. The molecule has 1 spiro atoms. The molecule has 2 aliphatic carbocycles. The first-order chi connectivity index (χ1) is 34.7. The SMILES string of the molecule is c1ccc(-c2ccc(N(c3ccc4c(c3)-c3ccccc3-c3ccccc3C43c4ccccc4-c4cc5c(cc43)sc3ccccc35)c3cccc4c3Oc3ccccc3-c3ccccc3-4)cc2)cc1. The van der Waals surface area contributed by atoms with Crippen molar-refractivity contribution < 1.29 is 4.74 Å². The summed E-state index contributed by atoms with van der Waals surface area (Å²) in [5.41, 5.74) is 21.9. The van der Waals surface area contributed by atoms with E-state index in [4.69, 9.17) is 4.74 Å². The zero-order valence-corrected chi connectivity index (χ0v) is 38.8. The lowest BCUT2D eigenvalue weighted by atomic mass is 9.66. The van der Waals surface area contributed by atoms with Crippen molar-refractivity contribution in [3.8, 4) is 78.3 Å². The predicted molar refractivity (Wildman–Crippen MR) is 292 cm³/mol. The molecule has 0 amide bonds. The fourth-order valence-corrected chi connectivity index (χ4v) is 13.3. The highest BCUT2D eigenvalue weighted by molar-refractivity contribution is 7.25. The van der Waals surface area contributed by atoms with Gasteiger partial charge in [0.2, 0.25) is 0 Å². The number of benzene rings is 11. The molecule has 2 heterocycles. The summed E-state index contributed by atoms with van der Waals surface area (Å²) in [5.74, 6) is 1.65. The number of hydrogen-bond donors (Lipinski definition) is 0. The molecule has 3 aliphatic rings. The number of nitrogens with zero attached hydrogens (tertiary/aromatic N) is 1. The van der Waals surface area contributed by atoms with Gasteiger partial charge in [0, 0.05) is 42.7 Å². The normalized spacial score (nSPS) is 14.5. The third kappa shape index (κ3) is 5.55. The minimum atomic E-state index is -0.623. The molecule has 11 aromatic carbocycles. The third-order valence-corrected chi connectivity index (χ3v) is 16.3. The summed E-state index contributed by atoms with van der Waals surface area (Å²) in [4.78, 5) is 2.41. The summed E-state index contributed by atoms with van der Waals surface area (Å²) in [6.07, 6.45) is 0. The molecule has 0 saturated heterocycles. The van der Waals surface area contributed by atoms with Gasteiger partial charge in [-0.25, -0.2) is 0 Å². The van der Waals surface area contributed by atoms with Crippen LogP contribution in [0, 0.1) is 0 Å². The number of fused-ring (bicyclic) bond motifs is 20. The molecule has 15 rings (SSSR count). The van der Waals surface area contributed by atoms with E-state index in [0.717, 1.165) is 56.4 Å². The van der Waals surface area contributed by atoms with E-state index < -0.39 is 5.41 Å². The standard InChI is InChI=1S/C67H41NOS/c1-2-17-42(18-3-1)43-33-35-44(36-34-43)68(62-30-16-27-54-48-21-6-5-20-47(48)52-25-10-14-31-63(52)69-66(54)62)45-37-38-60-55(39-45)49-22-7-4-19-46(49)50-23-8-12-28-58(50)67(60)59-29-13-9-24-51(59)56-40-57-53-26-11-15-32-64(53)70-65(57)41-61(56)67/h1-41H. The van der Waals surface area contributed by atoms with Crippen molar-refractivity contribution in [2.24, 2.45) is 0 Å². The van der Waals surface area contributed by atoms with Crippen molar-refractivity contribution in [2.75, 3.05) is 4.90 Å². The summed E-state index contributed by atoms with van der Waals surface area (Å²) >= 11 is 1.90. The van der Waals surface area contributed by atoms with Gasteiger partial charge in [-0.15, -0.1) is 11.3 Å². The van der Waals surface area contributed by atoms with Crippen LogP contribution in [-0.4, -0.2) is 0 Å². The Morgan fingerprint density at radius 2 is 0.843 bits per heavy atom. The first-order valence-electron chi connectivity index (χ1n) is 24.1. The van der Waals surface area contributed by atoms with Crippen molar-refractivity contribution in [1.29, 1.82) is 0 Å². The average molecular weight is 908 g/mol. The molecule has 0 saturated carbocycles. The first-order valence-corrected chi connectivity index (χ1v) is 24.9. The number of hydrogen-bond acceptors (Lipinski definition) is 3. The van der Waals surface area contributed by atoms with Crippen LogP contribution in [0.3, 0.4) is 0 Å². The Bertz CT molecular complexity index is 4110.